The molecule has 0 atom stereocenters. The summed E-state index contributed by atoms with van der Waals surface area (Å²) in [5, 5.41) is 3.31. The molecule has 23 heavy (non-hydrogen) atoms. The average Bonchev–Trinajstić information content (AvgIpc) is 2.56. The van der Waals surface area contributed by atoms with Crippen LogP contribution in [0.25, 0.3) is 0 Å². The Morgan fingerprint density at radius 3 is 2.61 bits per heavy atom. The lowest BCUT2D eigenvalue weighted by Gasteiger charge is -2.30. The number of hydrogen-bond acceptors (Lipinski definition) is 4. The van der Waals surface area contributed by atoms with E-state index in [0.717, 1.165) is 37.8 Å². The molecule has 0 unspecified atom stereocenters. The van der Waals surface area contributed by atoms with Gasteiger partial charge in [-0.15, -0.1) is 0 Å². The largest absolute Gasteiger partial charge is 0.341 e. The van der Waals surface area contributed by atoms with Crippen molar-refractivity contribution in [2.45, 2.75) is 19.8 Å². The molecule has 6 heteroatoms. The van der Waals surface area contributed by atoms with Crippen molar-refractivity contribution < 1.29 is 4.79 Å². The number of carbonyl (C=O) groups excluding carboxylic acids is 1. The Morgan fingerprint density at radius 2 is 1.96 bits per heavy atom. The molecular formula is C17H19ClN4O. The van der Waals surface area contributed by atoms with Gasteiger partial charge < -0.3 is 10.2 Å². The van der Waals surface area contributed by atoms with Crippen LogP contribution < -0.4 is 10.2 Å². The lowest BCUT2D eigenvalue weighted by molar-refractivity contribution is 0.102. The number of nitrogens with one attached hydrogen (secondary N) is 1. The van der Waals surface area contributed by atoms with Crippen LogP contribution in [0.15, 0.2) is 36.7 Å². The van der Waals surface area contributed by atoms with Crippen LogP contribution in [0.3, 0.4) is 0 Å². The normalized spacial score (nSPS) is 15.5. The molecule has 0 saturated carbocycles. The van der Waals surface area contributed by atoms with Crippen molar-refractivity contribution in [3.8, 4) is 0 Å². The molecule has 120 valence electrons. The van der Waals surface area contributed by atoms with Crippen LogP contribution in [0.2, 0.25) is 5.02 Å². The van der Waals surface area contributed by atoms with Gasteiger partial charge in [-0.1, -0.05) is 24.6 Å². The third-order valence-corrected chi connectivity index (χ3v) is 4.28. The van der Waals surface area contributed by atoms with Gasteiger partial charge in [-0.3, -0.25) is 4.79 Å². The maximum Gasteiger partial charge on any atom is 0.255 e. The minimum atomic E-state index is -0.226. The Bertz CT molecular complexity index is 681. The third kappa shape index (κ3) is 3.99. The number of amides is 1. The Hall–Kier alpha value is -2.14. The number of halogens is 1. The maximum absolute atomic E-state index is 12.2. The van der Waals surface area contributed by atoms with Crippen molar-refractivity contribution in [3.63, 3.8) is 0 Å². The monoisotopic (exact) mass is 330 g/mol. The van der Waals surface area contributed by atoms with Gasteiger partial charge >= 0.3 is 0 Å². The van der Waals surface area contributed by atoms with Crippen molar-refractivity contribution in [3.05, 3.63) is 47.2 Å². The van der Waals surface area contributed by atoms with Crippen LogP contribution in [-0.4, -0.2) is 29.0 Å². The standard InChI is InChI=1S/C17H19ClN4O/c1-12-5-7-22(8-6-12)17-19-10-15(11-20-17)21-16(23)13-3-2-4-14(18)9-13/h2-4,9-12H,5-8H2,1H3,(H,21,23). The molecule has 1 amide bonds. The lowest BCUT2D eigenvalue weighted by Crippen LogP contribution is -2.34. The van der Waals surface area contributed by atoms with Crippen LogP contribution in [0.1, 0.15) is 30.1 Å². The highest BCUT2D eigenvalue weighted by molar-refractivity contribution is 6.31. The molecule has 1 aromatic heterocycles. The molecule has 2 aromatic rings. The van der Waals surface area contributed by atoms with Gasteiger partial charge in [0.25, 0.3) is 5.91 Å². The highest BCUT2D eigenvalue weighted by Crippen LogP contribution is 2.20. The molecule has 0 radical (unpaired) electrons. The first kappa shape index (κ1) is 15.7. The first-order valence-electron chi connectivity index (χ1n) is 7.76. The first-order valence-corrected chi connectivity index (χ1v) is 8.13. The highest BCUT2D eigenvalue weighted by Gasteiger charge is 2.17. The molecule has 1 aliphatic rings. The molecule has 1 aromatic carbocycles. The zero-order chi connectivity index (χ0) is 16.2. The van der Waals surface area contributed by atoms with Gasteiger partial charge in [0.15, 0.2) is 0 Å². The van der Waals surface area contributed by atoms with Gasteiger partial charge in [0.05, 0.1) is 18.1 Å². The SMILES string of the molecule is CC1CCN(c2ncc(NC(=O)c3cccc(Cl)c3)cn2)CC1. The van der Waals surface area contributed by atoms with Gasteiger partial charge in [0.2, 0.25) is 5.95 Å². The number of benzene rings is 1. The van der Waals surface area contributed by atoms with E-state index in [9.17, 15) is 4.79 Å². The number of anilines is 2. The van der Waals surface area contributed by atoms with E-state index < -0.39 is 0 Å². The fourth-order valence-electron chi connectivity index (χ4n) is 2.59. The van der Waals surface area contributed by atoms with E-state index in [2.05, 4.69) is 27.1 Å². The van der Waals surface area contributed by atoms with E-state index in [1.165, 1.54) is 0 Å². The van der Waals surface area contributed by atoms with Crippen molar-refractivity contribution in [1.82, 2.24) is 9.97 Å². The molecule has 1 aliphatic heterocycles. The molecule has 1 saturated heterocycles. The van der Waals surface area contributed by atoms with Gasteiger partial charge in [-0.05, 0) is 37.0 Å². The van der Waals surface area contributed by atoms with Gasteiger partial charge in [-0.25, -0.2) is 9.97 Å². The molecule has 0 spiro atoms. The number of carbonyl (C=O) groups is 1. The zero-order valence-corrected chi connectivity index (χ0v) is 13.8. The molecule has 0 bridgehead atoms. The molecule has 1 N–H and O–H groups in total. The van der Waals surface area contributed by atoms with Crippen LogP contribution in [0.5, 0.6) is 0 Å². The van der Waals surface area contributed by atoms with Crippen molar-refractivity contribution in [2.24, 2.45) is 5.92 Å². The van der Waals surface area contributed by atoms with E-state index >= 15 is 0 Å². The van der Waals surface area contributed by atoms with E-state index in [4.69, 9.17) is 11.6 Å². The van der Waals surface area contributed by atoms with E-state index in [1.54, 1.807) is 36.7 Å². The minimum Gasteiger partial charge on any atom is -0.341 e. The highest BCUT2D eigenvalue weighted by atomic mass is 35.5. The first-order chi connectivity index (χ1) is 11.1. The van der Waals surface area contributed by atoms with Gasteiger partial charge in [0.1, 0.15) is 0 Å². The summed E-state index contributed by atoms with van der Waals surface area (Å²) < 4.78 is 0. The second-order valence-electron chi connectivity index (χ2n) is 5.91. The molecule has 3 rings (SSSR count). The van der Waals surface area contributed by atoms with Crippen LogP contribution in [0.4, 0.5) is 11.6 Å². The summed E-state index contributed by atoms with van der Waals surface area (Å²) in [6.07, 6.45) is 5.61. The fraction of sp³-hybridized carbons (Fsp3) is 0.353. The smallest absolute Gasteiger partial charge is 0.255 e. The fourth-order valence-corrected chi connectivity index (χ4v) is 2.78. The maximum atomic E-state index is 12.2. The third-order valence-electron chi connectivity index (χ3n) is 4.05. The number of aromatic nitrogens is 2. The van der Waals surface area contributed by atoms with Crippen molar-refractivity contribution >= 4 is 29.1 Å². The topological polar surface area (TPSA) is 58.1 Å². The summed E-state index contributed by atoms with van der Waals surface area (Å²) in [7, 11) is 0. The van der Waals surface area contributed by atoms with Crippen molar-refractivity contribution in [1.29, 1.82) is 0 Å². The summed E-state index contributed by atoms with van der Waals surface area (Å²) >= 11 is 5.90. The summed E-state index contributed by atoms with van der Waals surface area (Å²) in [6.45, 7) is 4.23. The van der Waals surface area contributed by atoms with E-state index in [0.29, 0.717) is 16.3 Å². The average molecular weight is 331 g/mol. The number of piperidine rings is 1. The second kappa shape index (κ2) is 6.96. The number of hydrogen-bond donors (Lipinski definition) is 1. The molecular weight excluding hydrogens is 312 g/mol. The van der Waals surface area contributed by atoms with E-state index in [-0.39, 0.29) is 5.91 Å². The lowest BCUT2D eigenvalue weighted by atomic mass is 10.00. The molecule has 0 aliphatic carbocycles. The Kier molecular flexibility index (Phi) is 4.76. The van der Waals surface area contributed by atoms with Crippen molar-refractivity contribution in [2.75, 3.05) is 23.3 Å². The predicted molar refractivity (Wildman–Crippen MR) is 92.0 cm³/mol. The summed E-state index contributed by atoms with van der Waals surface area (Å²) in [5.41, 5.74) is 1.08. The number of rotatable bonds is 3. The van der Waals surface area contributed by atoms with Gasteiger partial charge in [-0.2, -0.15) is 0 Å². The predicted octanol–water partition coefficient (Wildman–Crippen LogP) is 3.62. The van der Waals surface area contributed by atoms with Crippen LogP contribution in [-0.2, 0) is 0 Å². The second-order valence-corrected chi connectivity index (χ2v) is 6.34. The molecule has 2 heterocycles. The zero-order valence-electron chi connectivity index (χ0n) is 13.0. The summed E-state index contributed by atoms with van der Waals surface area (Å²) in [5.74, 6) is 1.26. The Morgan fingerprint density at radius 1 is 1.26 bits per heavy atom. The molecule has 1 fully saturated rings. The van der Waals surface area contributed by atoms with Crippen LogP contribution in [0, 0.1) is 5.92 Å². The molecule has 5 nitrogen and oxygen atoms in total. The van der Waals surface area contributed by atoms with E-state index in [1.807, 2.05) is 0 Å². The van der Waals surface area contributed by atoms with Crippen LogP contribution >= 0.6 is 11.6 Å². The Balaban J connectivity index is 1.64. The van der Waals surface area contributed by atoms with Gasteiger partial charge in [0, 0.05) is 23.7 Å². The number of nitrogens with zero attached hydrogens (tertiary/aromatic N) is 3. The Labute approximate surface area is 140 Å². The quantitative estimate of drug-likeness (QED) is 0.933. The summed E-state index contributed by atoms with van der Waals surface area (Å²) in [6, 6.07) is 6.82. The minimum absolute atomic E-state index is 0.226. The summed E-state index contributed by atoms with van der Waals surface area (Å²) in [4.78, 5) is 23.1.